The maximum atomic E-state index is 12.8. The van der Waals surface area contributed by atoms with Crippen molar-refractivity contribution in [2.24, 2.45) is 0 Å². The smallest absolute Gasteiger partial charge is 0.387 e. The van der Waals surface area contributed by atoms with Crippen LogP contribution in [0.4, 0.5) is 14.7 Å². The van der Waals surface area contributed by atoms with E-state index in [-0.39, 0.29) is 5.75 Å². The molecule has 0 saturated carbocycles. The molecule has 9 heteroatoms. The number of nitrogens with zero attached hydrogens (tertiary/aromatic N) is 4. The first-order valence-electron chi connectivity index (χ1n) is 7.68. The number of hydrogen-bond acceptors (Lipinski definition) is 5. The number of alkyl halides is 2. The molecule has 1 N–H and O–H groups in total. The predicted molar refractivity (Wildman–Crippen MR) is 99.8 cm³/mol. The number of nitrogens with one attached hydrogen (secondary N) is 1. The standard InChI is InChI=1S/C17H12F2IN5O/c18-16(19)26-15-4-2-1-3-12(15)14-9-13(10-5-7-11(20)8-6-10)21-17-22-23-24-25(14)17/h1-9,14,16H,(H,21,22,24)/t14-/m0/s1. The van der Waals surface area contributed by atoms with Crippen LogP contribution in [0.15, 0.2) is 54.6 Å². The van der Waals surface area contributed by atoms with E-state index in [4.69, 9.17) is 0 Å². The predicted octanol–water partition coefficient (Wildman–Crippen LogP) is 3.94. The molecule has 2 aromatic carbocycles. The van der Waals surface area contributed by atoms with Crippen LogP contribution < -0.4 is 10.1 Å². The monoisotopic (exact) mass is 467 g/mol. The third-order valence-corrected chi connectivity index (χ3v) is 4.66. The van der Waals surface area contributed by atoms with Gasteiger partial charge in [-0.25, -0.2) is 0 Å². The molecule has 1 atom stereocenters. The van der Waals surface area contributed by atoms with Crippen LogP contribution in [-0.2, 0) is 0 Å². The summed E-state index contributed by atoms with van der Waals surface area (Å²) in [6.45, 7) is -2.91. The fourth-order valence-electron chi connectivity index (χ4n) is 2.80. The van der Waals surface area contributed by atoms with Gasteiger partial charge in [0.1, 0.15) is 11.8 Å². The molecule has 132 valence electrons. The summed E-state index contributed by atoms with van der Waals surface area (Å²) in [6.07, 6.45) is 1.89. The summed E-state index contributed by atoms with van der Waals surface area (Å²) in [5.74, 6) is 0.520. The highest BCUT2D eigenvalue weighted by molar-refractivity contribution is 14.1. The number of benzene rings is 2. The molecule has 1 aliphatic rings. The third-order valence-electron chi connectivity index (χ3n) is 3.94. The van der Waals surface area contributed by atoms with Crippen molar-refractivity contribution in [3.05, 3.63) is 69.3 Å². The van der Waals surface area contributed by atoms with Gasteiger partial charge in [0.15, 0.2) is 0 Å². The second-order valence-corrected chi connectivity index (χ2v) is 6.77. The number of allylic oxidation sites excluding steroid dienone is 1. The van der Waals surface area contributed by atoms with Crippen molar-refractivity contribution in [3.8, 4) is 5.75 Å². The number of aromatic nitrogens is 4. The average Bonchev–Trinajstić information content (AvgIpc) is 3.10. The number of tetrazole rings is 1. The minimum absolute atomic E-state index is 0.0917. The van der Waals surface area contributed by atoms with Crippen LogP contribution in [0.2, 0.25) is 0 Å². The van der Waals surface area contributed by atoms with Gasteiger partial charge in [-0.05, 0) is 62.9 Å². The van der Waals surface area contributed by atoms with Crippen molar-refractivity contribution in [2.45, 2.75) is 12.7 Å². The van der Waals surface area contributed by atoms with E-state index in [2.05, 4.69) is 48.2 Å². The number of hydrogen-bond donors (Lipinski definition) is 1. The first-order valence-corrected chi connectivity index (χ1v) is 8.76. The molecule has 0 saturated heterocycles. The zero-order chi connectivity index (χ0) is 18.1. The molecule has 0 spiro atoms. The van der Waals surface area contributed by atoms with Gasteiger partial charge >= 0.3 is 6.61 Å². The van der Waals surface area contributed by atoms with Crippen LogP contribution in [0, 0.1) is 3.57 Å². The van der Waals surface area contributed by atoms with E-state index in [1.807, 2.05) is 30.3 Å². The normalized spacial score (nSPS) is 16.0. The fourth-order valence-corrected chi connectivity index (χ4v) is 3.16. The summed E-state index contributed by atoms with van der Waals surface area (Å²) in [5, 5.41) is 14.8. The summed E-state index contributed by atoms with van der Waals surface area (Å²) in [7, 11) is 0. The van der Waals surface area contributed by atoms with E-state index in [9.17, 15) is 8.78 Å². The van der Waals surface area contributed by atoms with Gasteiger partial charge in [0.2, 0.25) is 5.95 Å². The molecule has 0 unspecified atom stereocenters. The maximum Gasteiger partial charge on any atom is 0.387 e. The van der Waals surface area contributed by atoms with Crippen molar-refractivity contribution in [1.82, 2.24) is 20.2 Å². The molecular formula is C17H12F2IN5O. The van der Waals surface area contributed by atoms with Crippen molar-refractivity contribution < 1.29 is 13.5 Å². The van der Waals surface area contributed by atoms with Gasteiger partial charge in [-0.15, -0.1) is 0 Å². The molecule has 4 rings (SSSR count). The third kappa shape index (κ3) is 3.26. The Hall–Kier alpha value is -2.56. The lowest BCUT2D eigenvalue weighted by molar-refractivity contribution is -0.0506. The van der Waals surface area contributed by atoms with Gasteiger partial charge in [0.25, 0.3) is 0 Å². The number of para-hydroxylation sites is 1. The van der Waals surface area contributed by atoms with Crippen LogP contribution in [0.1, 0.15) is 17.2 Å². The second-order valence-electron chi connectivity index (χ2n) is 5.52. The van der Waals surface area contributed by atoms with E-state index in [0.717, 1.165) is 14.8 Å². The highest BCUT2D eigenvalue weighted by Gasteiger charge is 2.27. The molecule has 6 nitrogen and oxygen atoms in total. The molecular weight excluding hydrogens is 455 g/mol. The number of fused-ring (bicyclic) bond motifs is 1. The van der Waals surface area contributed by atoms with Crippen LogP contribution in [0.3, 0.4) is 0 Å². The highest BCUT2D eigenvalue weighted by Crippen LogP contribution is 2.36. The zero-order valence-electron chi connectivity index (χ0n) is 13.2. The Kier molecular flexibility index (Phi) is 4.53. The van der Waals surface area contributed by atoms with Crippen LogP contribution in [-0.4, -0.2) is 26.8 Å². The molecule has 0 bridgehead atoms. The van der Waals surface area contributed by atoms with Crippen molar-refractivity contribution >= 4 is 34.2 Å². The number of rotatable bonds is 4. The van der Waals surface area contributed by atoms with Gasteiger partial charge in [0.05, 0.1) is 0 Å². The highest BCUT2D eigenvalue weighted by atomic mass is 127. The van der Waals surface area contributed by atoms with E-state index in [1.54, 1.807) is 18.2 Å². The average molecular weight is 467 g/mol. The maximum absolute atomic E-state index is 12.8. The molecule has 3 aromatic rings. The first kappa shape index (κ1) is 16.9. The minimum Gasteiger partial charge on any atom is -0.434 e. The largest absolute Gasteiger partial charge is 0.434 e. The molecule has 0 aliphatic carbocycles. The Morgan fingerprint density at radius 1 is 1.12 bits per heavy atom. The summed E-state index contributed by atoms with van der Waals surface area (Å²) in [5.41, 5.74) is 2.28. The Morgan fingerprint density at radius 3 is 2.65 bits per heavy atom. The lowest BCUT2D eigenvalue weighted by Gasteiger charge is -2.24. The van der Waals surface area contributed by atoms with Gasteiger partial charge < -0.3 is 10.1 Å². The fraction of sp³-hybridized carbons (Fsp3) is 0.118. The molecule has 26 heavy (non-hydrogen) atoms. The lowest BCUT2D eigenvalue weighted by atomic mass is 10.0. The number of ether oxygens (including phenoxy) is 1. The van der Waals surface area contributed by atoms with Crippen LogP contribution in [0.25, 0.3) is 5.70 Å². The molecule has 0 fully saturated rings. The molecule has 0 amide bonds. The summed E-state index contributed by atoms with van der Waals surface area (Å²) < 4.78 is 32.9. The molecule has 0 radical (unpaired) electrons. The van der Waals surface area contributed by atoms with Gasteiger partial charge in [0, 0.05) is 14.8 Å². The quantitative estimate of drug-likeness (QED) is 0.590. The Labute approximate surface area is 161 Å². The lowest BCUT2D eigenvalue weighted by Crippen LogP contribution is -2.21. The Balaban J connectivity index is 1.81. The first-order chi connectivity index (χ1) is 12.6. The van der Waals surface area contributed by atoms with E-state index < -0.39 is 12.7 Å². The van der Waals surface area contributed by atoms with Crippen LogP contribution >= 0.6 is 22.6 Å². The second kappa shape index (κ2) is 6.98. The van der Waals surface area contributed by atoms with Crippen molar-refractivity contribution in [2.75, 3.05) is 5.32 Å². The summed E-state index contributed by atoms with van der Waals surface area (Å²) in [4.78, 5) is 0. The van der Waals surface area contributed by atoms with Crippen molar-refractivity contribution in [1.29, 1.82) is 0 Å². The number of anilines is 1. The number of halogens is 3. The zero-order valence-corrected chi connectivity index (χ0v) is 15.3. The summed E-state index contributed by atoms with van der Waals surface area (Å²) in [6, 6.07) is 14.1. The van der Waals surface area contributed by atoms with Gasteiger partial charge in [-0.3, -0.25) is 0 Å². The topological polar surface area (TPSA) is 64.9 Å². The van der Waals surface area contributed by atoms with Crippen LogP contribution in [0.5, 0.6) is 5.75 Å². The van der Waals surface area contributed by atoms with Gasteiger partial charge in [-0.1, -0.05) is 35.4 Å². The Bertz CT molecular complexity index is 958. The SMILES string of the molecule is FC(F)Oc1ccccc1[C@@H]1C=C(c2ccc(I)cc2)Nc2nnnn21. The molecule has 1 aliphatic heterocycles. The van der Waals surface area contributed by atoms with E-state index >= 15 is 0 Å². The summed E-state index contributed by atoms with van der Waals surface area (Å²) >= 11 is 2.23. The van der Waals surface area contributed by atoms with E-state index in [1.165, 1.54) is 10.7 Å². The molecule has 1 aromatic heterocycles. The van der Waals surface area contributed by atoms with Gasteiger partial charge in [-0.2, -0.15) is 13.5 Å². The van der Waals surface area contributed by atoms with E-state index in [0.29, 0.717) is 11.5 Å². The minimum atomic E-state index is -2.91. The molecule has 2 heterocycles. The van der Waals surface area contributed by atoms with Crippen molar-refractivity contribution in [3.63, 3.8) is 0 Å². The Morgan fingerprint density at radius 2 is 1.88 bits per heavy atom.